The summed E-state index contributed by atoms with van der Waals surface area (Å²) in [6, 6.07) is 9.27. The molecule has 4 heteroatoms. The first-order chi connectivity index (χ1) is 7.29. The second-order valence-corrected chi connectivity index (χ2v) is 3.26. The number of methoxy groups -OCH3 is 1. The maximum atomic E-state index is 11.7. The first-order valence-electron chi connectivity index (χ1n) is 4.59. The standard InChI is InChI=1S/C11H11NO3/c1-14-10(13)11(7-15-8-12-11)9-5-3-2-4-6-9/h2-6,8H,7H2,1H3/t11-/m1/s1. The number of aliphatic imine (C=N–C) groups is 1. The Bertz CT molecular complexity index is 388. The van der Waals surface area contributed by atoms with Crippen molar-refractivity contribution in [3.05, 3.63) is 35.9 Å². The number of carbonyl (C=O) groups is 1. The molecule has 0 spiro atoms. The Labute approximate surface area is 87.5 Å². The number of rotatable bonds is 2. The average Bonchev–Trinajstić information content (AvgIpc) is 2.79. The minimum atomic E-state index is -1.02. The van der Waals surface area contributed by atoms with E-state index in [1.807, 2.05) is 30.3 Å². The molecule has 0 aliphatic carbocycles. The topological polar surface area (TPSA) is 47.9 Å². The number of esters is 1. The summed E-state index contributed by atoms with van der Waals surface area (Å²) in [5.74, 6) is -0.401. The molecule has 78 valence electrons. The largest absolute Gasteiger partial charge is 0.480 e. The van der Waals surface area contributed by atoms with Gasteiger partial charge in [0.1, 0.15) is 6.61 Å². The molecule has 0 N–H and O–H groups in total. The molecule has 1 aromatic carbocycles. The van der Waals surface area contributed by atoms with Gasteiger partial charge in [-0.25, -0.2) is 9.79 Å². The van der Waals surface area contributed by atoms with E-state index in [0.717, 1.165) is 5.56 Å². The summed E-state index contributed by atoms with van der Waals surface area (Å²) in [5, 5.41) is 0. The molecule has 1 aliphatic rings. The summed E-state index contributed by atoms with van der Waals surface area (Å²) in [6.45, 7) is 0.198. The van der Waals surface area contributed by atoms with Gasteiger partial charge in [-0.2, -0.15) is 0 Å². The maximum absolute atomic E-state index is 11.7. The van der Waals surface area contributed by atoms with Crippen LogP contribution in [0.15, 0.2) is 35.3 Å². The Morgan fingerprint density at radius 1 is 1.47 bits per heavy atom. The van der Waals surface area contributed by atoms with Crippen LogP contribution >= 0.6 is 0 Å². The van der Waals surface area contributed by atoms with Crippen molar-refractivity contribution < 1.29 is 14.3 Å². The SMILES string of the molecule is COC(=O)[C@]1(c2ccccc2)COC=N1. The molecule has 0 unspecified atom stereocenters. The van der Waals surface area contributed by atoms with E-state index in [1.54, 1.807) is 0 Å². The highest BCUT2D eigenvalue weighted by molar-refractivity contribution is 5.85. The van der Waals surface area contributed by atoms with Crippen LogP contribution in [0.5, 0.6) is 0 Å². The lowest BCUT2D eigenvalue weighted by Gasteiger charge is -2.21. The molecule has 0 amide bonds. The van der Waals surface area contributed by atoms with Crippen LogP contribution < -0.4 is 0 Å². The van der Waals surface area contributed by atoms with Crippen LogP contribution in [0.3, 0.4) is 0 Å². The van der Waals surface area contributed by atoms with Crippen LogP contribution in [0.1, 0.15) is 5.56 Å². The molecule has 1 atom stereocenters. The summed E-state index contributed by atoms with van der Waals surface area (Å²) < 4.78 is 9.80. The van der Waals surface area contributed by atoms with E-state index in [9.17, 15) is 4.79 Å². The number of nitrogens with zero attached hydrogens (tertiary/aromatic N) is 1. The lowest BCUT2D eigenvalue weighted by atomic mass is 9.92. The predicted octanol–water partition coefficient (Wildman–Crippen LogP) is 1.11. The molecule has 0 saturated carbocycles. The van der Waals surface area contributed by atoms with Gasteiger partial charge in [0.15, 0.2) is 6.40 Å². The normalized spacial score (nSPS) is 23.5. The van der Waals surface area contributed by atoms with Gasteiger partial charge in [-0.15, -0.1) is 0 Å². The zero-order chi connectivity index (χ0) is 10.7. The third kappa shape index (κ3) is 1.48. The molecule has 1 heterocycles. The van der Waals surface area contributed by atoms with Crippen LogP contribution in [0, 0.1) is 0 Å². The monoisotopic (exact) mass is 205 g/mol. The Kier molecular flexibility index (Phi) is 2.41. The van der Waals surface area contributed by atoms with Crippen LogP contribution in [0.2, 0.25) is 0 Å². The number of hydrogen-bond donors (Lipinski definition) is 0. The van der Waals surface area contributed by atoms with Crippen LogP contribution in [0.4, 0.5) is 0 Å². The second kappa shape index (κ2) is 3.73. The van der Waals surface area contributed by atoms with Gasteiger partial charge in [0.2, 0.25) is 5.54 Å². The van der Waals surface area contributed by atoms with Crippen LogP contribution in [0.25, 0.3) is 0 Å². The summed E-state index contributed by atoms with van der Waals surface area (Å²) in [5.41, 5.74) is -0.235. The number of carbonyl (C=O) groups excluding carboxylic acids is 1. The van der Waals surface area contributed by atoms with Gasteiger partial charge in [-0.05, 0) is 5.56 Å². The molecule has 0 saturated heterocycles. The second-order valence-electron chi connectivity index (χ2n) is 3.26. The molecule has 0 radical (unpaired) electrons. The molecule has 15 heavy (non-hydrogen) atoms. The van der Waals surface area contributed by atoms with Crippen molar-refractivity contribution in [2.45, 2.75) is 5.54 Å². The minimum absolute atomic E-state index is 0.198. The molecule has 2 rings (SSSR count). The van der Waals surface area contributed by atoms with E-state index in [4.69, 9.17) is 9.47 Å². The highest BCUT2D eigenvalue weighted by Crippen LogP contribution is 2.30. The molecule has 0 bridgehead atoms. The predicted molar refractivity (Wildman–Crippen MR) is 54.6 cm³/mol. The summed E-state index contributed by atoms with van der Waals surface area (Å²) in [6.07, 6.45) is 1.30. The van der Waals surface area contributed by atoms with Gasteiger partial charge in [0, 0.05) is 0 Å². The van der Waals surface area contributed by atoms with Crippen molar-refractivity contribution >= 4 is 12.4 Å². The van der Waals surface area contributed by atoms with E-state index in [1.165, 1.54) is 13.5 Å². The zero-order valence-electron chi connectivity index (χ0n) is 8.34. The number of hydrogen-bond acceptors (Lipinski definition) is 4. The summed E-state index contributed by atoms with van der Waals surface area (Å²) in [4.78, 5) is 15.8. The van der Waals surface area contributed by atoms with Crippen molar-refractivity contribution in [1.29, 1.82) is 0 Å². The van der Waals surface area contributed by atoms with E-state index >= 15 is 0 Å². The minimum Gasteiger partial charge on any atom is -0.480 e. The summed E-state index contributed by atoms with van der Waals surface area (Å²) >= 11 is 0. The Balaban J connectivity index is 2.44. The van der Waals surface area contributed by atoms with Crippen LogP contribution in [-0.4, -0.2) is 26.1 Å². The Morgan fingerprint density at radius 2 is 2.20 bits per heavy atom. The first-order valence-corrected chi connectivity index (χ1v) is 4.59. The molecular formula is C11H11NO3. The highest BCUT2D eigenvalue weighted by Gasteiger charge is 2.44. The van der Waals surface area contributed by atoms with Crippen molar-refractivity contribution in [2.75, 3.05) is 13.7 Å². The zero-order valence-corrected chi connectivity index (χ0v) is 8.34. The molecule has 4 nitrogen and oxygen atoms in total. The molecule has 0 fully saturated rings. The first kappa shape index (κ1) is 9.71. The third-order valence-electron chi connectivity index (χ3n) is 2.41. The van der Waals surface area contributed by atoms with E-state index in [-0.39, 0.29) is 6.61 Å². The smallest absolute Gasteiger partial charge is 0.342 e. The number of ether oxygens (including phenoxy) is 2. The maximum Gasteiger partial charge on any atom is 0.342 e. The Hall–Kier alpha value is -1.84. The lowest BCUT2D eigenvalue weighted by molar-refractivity contribution is -0.147. The average molecular weight is 205 g/mol. The fourth-order valence-corrected chi connectivity index (χ4v) is 1.59. The van der Waals surface area contributed by atoms with Crippen LogP contribution in [-0.2, 0) is 19.8 Å². The number of benzene rings is 1. The van der Waals surface area contributed by atoms with Crippen molar-refractivity contribution in [2.24, 2.45) is 4.99 Å². The fourth-order valence-electron chi connectivity index (χ4n) is 1.59. The lowest BCUT2D eigenvalue weighted by Crippen LogP contribution is -2.36. The van der Waals surface area contributed by atoms with Crippen molar-refractivity contribution in [1.82, 2.24) is 0 Å². The van der Waals surface area contributed by atoms with Gasteiger partial charge >= 0.3 is 5.97 Å². The quantitative estimate of drug-likeness (QED) is 0.679. The molecule has 0 aromatic heterocycles. The molecule has 1 aliphatic heterocycles. The van der Waals surface area contributed by atoms with Crippen molar-refractivity contribution in [3.63, 3.8) is 0 Å². The van der Waals surface area contributed by atoms with E-state index < -0.39 is 11.5 Å². The highest BCUT2D eigenvalue weighted by atomic mass is 16.5. The third-order valence-corrected chi connectivity index (χ3v) is 2.41. The van der Waals surface area contributed by atoms with Gasteiger partial charge in [-0.3, -0.25) is 0 Å². The Morgan fingerprint density at radius 3 is 2.73 bits per heavy atom. The van der Waals surface area contributed by atoms with Gasteiger partial charge < -0.3 is 9.47 Å². The van der Waals surface area contributed by atoms with Gasteiger partial charge in [-0.1, -0.05) is 30.3 Å². The summed E-state index contributed by atoms with van der Waals surface area (Å²) in [7, 11) is 1.35. The van der Waals surface area contributed by atoms with Gasteiger partial charge in [0.05, 0.1) is 7.11 Å². The molecule has 1 aromatic rings. The fraction of sp³-hybridized carbons (Fsp3) is 0.273. The van der Waals surface area contributed by atoms with E-state index in [2.05, 4.69) is 4.99 Å². The molecular weight excluding hydrogens is 194 g/mol. The van der Waals surface area contributed by atoms with E-state index in [0.29, 0.717) is 0 Å². The van der Waals surface area contributed by atoms with Gasteiger partial charge in [0.25, 0.3) is 0 Å². The van der Waals surface area contributed by atoms with Crippen molar-refractivity contribution in [3.8, 4) is 0 Å².